The summed E-state index contributed by atoms with van der Waals surface area (Å²) in [7, 11) is 1.27. The highest BCUT2D eigenvalue weighted by atomic mass is 18.0. The van der Waals surface area contributed by atoms with Crippen molar-refractivity contribution >= 4 is 5.97 Å². The van der Waals surface area contributed by atoms with Gasteiger partial charge >= 0.3 is 5.97 Å². The van der Waals surface area contributed by atoms with Crippen molar-refractivity contribution in [2.75, 3.05) is 13.7 Å². The van der Waals surface area contributed by atoms with Crippen LogP contribution in [0.4, 0.5) is 0 Å². The molecule has 0 aliphatic rings. The van der Waals surface area contributed by atoms with Crippen LogP contribution in [0, 0.1) is 0 Å². The van der Waals surface area contributed by atoms with E-state index in [1.54, 1.807) is 0 Å². The van der Waals surface area contributed by atoms with Gasteiger partial charge in [-0.25, -0.2) is 10.1 Å². The third kappa shape index (κ3) is 15.5. The van der Waals surface area contributed by atoms with E-state index in [9.17, 15) is 4.79 Å². The summed E-state index contributed by atoms with van der Waals surface area (Å²) >= 11 is 0. The molecule has 0 radical (unpaired) electrons. The molecule has 0 fully saturated rings. The monoisotopic (exact) mass is 358 g/mol. The van der Waals surface area contributed by atoms with Crippen LogP contribution in [0.1, 0.15) is 6.42 Å². The Hall–Kier alpha value is -1.17. The zero-order valence-corrected chi connectivity index (χ0v) is 10.9. The van der Waals surface area contributed by atoms with Gasteiger partial charge in [0, 0.05) is 42.4 Å². The van der Waals surface area contributed by atoms with Crippen LogP contribution in [0.25, 0.3) is 0 Å². The molecule has 0 aromatic rings. The fraction of sp³-hybridized carbons (Fsp3) is 0.800. The Morgan fingerprint density at radius 1 is 0.826 bits per heavy atom. The van der Waals surface area contributed by atoms with Crippen molar-refractivity contribution < 1.29 is 90.3 Å². The molecule has 0 amide bonds. The molecule has 0 aromatic heterocycles. The number of carbonyl (C=O) groups excluding carboxylic acids is 1. The number of rotatable bonds is 17. The molecule has 0 heterocycles. The molecule has 18 nitrogen and oxygen atoms in total. The van der Waals surface area contributed by atoms with E-state index < -0.39 is 18.7 Å². The fourth-order valence-electron chi connectivity index (χ4n) is 0.620. The summed E-state index contributed by atoms with van der Waals surface area (Å²) in [5, 5.41) is 61.1. The summed E-state index contributed by atoms with van der Waals surface area (Å²) in [4.78, 5) is 15.0. The van der Waals surface area contributed by atoms with Crippen molar-refractivity contribution in [3.05, 3.63) is 0 Å². The van der Waals surface area contributed by atoms with Crippen molar-refractivity contribution in [1.29, 1.82) is 0 Å². The summed E-state index contributed by atoms with van der Waals surface area (Å²) in [6.07, 6.45) is -1.11. The zero-order valence-electron chi connectivity index (χ0n) is 10.9. The minimum atomic E-state index is -0.960. The van der Waals surface area contributed by atoms with Crippen LogP contribution >= 0.6 is 0 Å². The van der Waals surface area contributed by atoms with Crippen LogP contribution in [0.15, 0.2) is 0 Å². The number of hydrogen-bond donors (Lipinski definition) is 2. The van der Waals surface area contributed by atoms with E-state index in [2.05, 4.69) is 75.1 Å². The normalized spacial score (nSPS) is 12.3. The first-order valence-electron chi connectivity index (χ1n) is 4.89. The molecule has 0 unspecified atom stereocenters. The number of carbonyl (C=O) groups is 1. The third-order valence-corrected chi connectivity index (χ3v) is 1.39. The molecule has 0 spiro atoms. The number of aliphatic hydroxyl groups is 1. The minimum absolute atomic E-state index is 0.330. The van der Waals surface area contributed by atoms with Crippen LogP contribution in [0.5, 0.6) is 0 Å². The van der Waals surface area contributed by atoms with Crippen molar-refractivity contribution in [3.63, 3.8) is 0 Å². The summed E-state index contributed by atoms with van der Waals surface area (Å²) in [5.74, 6) is -0.960. The maximum atomic E-state index is 11.0. The van der Waals surface area contributed by atoms with E-state index in [0.717, 1.165) is 0 Å². The van der Waals surface area contributed by atoms with Gasteiger partial charge in [-0.05, 0) is 30.2 Å². The summed E-state index contributed by atoms with van der Waals surface area (Å²) in [5.41, 5.74) is 0. The second kappa shape index (κ2) is 17.2. The number of ether oxygens (including phenoxy) is 1. The van der Waals surface area contributed by atoms with Crippen LogP contribution in [-0.2, 0) is 79.9 Å². The van der Waals surface area contributed by atoms with E-state index >= 15 is 0 Å². The lowest BCUT2D eigenvalue weighted by molar-refractivity contribution is -0.878. The Labute approximate surface area is 124 Å². The van der Waals surface area contributed by atoms with E-state index in [4.69, 9.17) is 10.4 Å². The van der Waals surface area contributed by atoms with Gasteiger partial charge in [-0.15, -0.1) is 0 Å². The maximum absolute atomic E-state index is 11.0. The standard InChI is InChI=1S/C5H10O18/c1-9-4(3-6)2-5(7)10-12-14-16-18-20-22-23-21-19-17-15-13-11-8/h4,6,8H,2-3H2,1H3/t4-/m1/s1. The molecule has 0 aliphatic carbocycles. The van der Waals surface area contributed by atoms with Gasteiger partial charge in [-0.3, -0.25) is 4.89 Å². The molecular weight excluding hydrogens is 348 g/mol. The summed E-state index contributed by atoms with van der Waals surface area (Å²) in [6, 6.07) is 0. The molecule has 1 atom stereocenters. The van der Waals surface area contributed by atoms with Crippen molar-refractivity contribution in [3.8, 4) is 0 Å². The highest BCUT2D eigenvalue weighted by Gasteiger charge is 2.14. The first-order valence-corrected chi connectivity index (χ1v) is 4.89. The van der Waals surface area contributed by atoms with Gasteiger partial charge in [0.25, 0.3) is 0 Å². The Bertz CT molecular complexity index is 254. The average molecular weight is 358 g/mol. The third-order valence-electron chi connectivity index (χ3n) is 1.39. The van der Waals surface area contributed by atoms with Gasteiger partial charge in [0.05, 0.1) is 19.1 Å². The lowest BCUT2D eigenvalue weighted by Gasteiger charge is -2.09. The topological polar surface area (TPSA) is 196 Å². The molecule has 18 heteroatoms. The predicted molar refractivity (Wildman–Crippen MR) is 45.3 cm³/mol. The molecule has 0 bridgehead atoms. The smallest absolute Gasteiger partial charge is 0.348 e. The predicted octanol–water partition coefficient (Wildman–Crippen LogP) is -1.49. The molecule has 0 aliphatic heterocycles. The Morgan fingerprint density at radius 2 is 1.26 bits per heavy atom. The lowest BCUT2D eigenvalue weighted by Crippen LogP contribution is -2.21. The SMILES string of the molecule is CO[C@@H](CO)CC(=O)OOOOOOOOOOOOOOO. The van der Waals surface area contributed by atoms with Gasteiger partial charge < -0.3 is 9.84 Å². The van der Waals surface area contributed by atoms with Gasteiger partial charge in [0.1, 0.15) is 0 Å². The van der Waals surface area contributed by atoms with Gasteiger partial charge in [-0.2, -0.15) is 0 Å². The van der Waals surface area contributed by atoms with Gasteiger partial charge in [0.15, 0.2) is 0 Å². The second-order valence-electron chi connectivity index (χ2n) is 2.59. The molecule has 0 rings (SSSR count). The number of methoxy groups -OCH3 is 1. The van der Waals surface area contributed by atoms with Gasteiger partial charge in [0.2, 0.25) is 0 Å². The minimum Gasteiger partial charge on any atom is -0.394 e. The molecular formula is C5H10O18. The Kier molecular flexibility index (Phi) is 16.3. The Morgan fingerprint density at radius 3 is 1.65 bits per heavy atom. The first-order chi connectivity index (χ1) is 11.2. The van der Waals surface area contributed by atoms with Crippen molar-refractivity contribution in [1.82, 2.24) is 0 Å². The van der Waals surface area contributed by atoms with E-state index in [-0.39, 0.29) is 6.42 Å². The number of hydrogen-bond acceptors (Lipinski definition) is 18. The highest BCUT2D eigenvalue weighted by Crippen LogP contribution is 1.99. The van der Waals surface area contributed by atoms with Crippen LogP contribution in [0.3, 0.4) is 0 Å². The quantitative estimate of drug-likeness (QED) is 0.173. The van der Waals surface area contributed by atoms with E-state index in [0.29, 0.717) is 0 Å². The lowest BCUT2D eigenvalue weighted by atomic mass is 10.3. The van der Waals surface area contributed by atoms with Crippen LogP contribution in [-0.4, -0.2) is 36.2 Å². The fourth-order valence-corrected chi connectivity index (χ4v) is 0.620. The second-order valence-corrected chi connectivity index (χ2v) is 2.59. The molecule has 23 heavy (non-hydrogen) atoms. The molecule has 2 N–H and O–H groups in total. The van der Waals surface area contributed by atoms with Gasteiger partial charge in [-0.1, -0.05) is 0 Å². The summed E-state index contributed by atoms with van der Waals surface area (Å²) in [6.45, 7) is -0.414. The van der Waals surface area contributed by atoms with Crippen LogP contribution < -0.4 is 0 Å². The van der Waals surface area contributed by atoms with E-state index in [1.807, 2.05) is 0 Å². The molecule has 0 aromatic carbocycles. The van der Waals surface area contributed by atoms with Crippen molar-refractivity contribution in [2.45, 2.75) is 12.5 Å². The summed E-state index contributed by atoms with van der Waals surface area (Å²) < 4.78 is 4.67. The van der Waals surface area contributed by atoms with Crippen molar-refractivity contribution in [2.24, 2.45) is 0 Å². The molecule has 138 valence electrons. The molecule has 0 saturated heterocycles. The highest BCUT2D eigenvalue weighted by molar-refractivity contribution is 5.69. The molecule has 0 saturated carbocycles. The maximum Gasteiger partial charge on any atom is 0.348 e. The first kappa shape index (κ1) is 21.8. The average Bonchev–Trinajstić information content (AvgIpc) is 2.56. The number of aliphatic hydroxyl groups excluding tert-OH is 1. The zero-order chi connectivity index (χ0) is 17.2. The van der Waals surface area contributed by atoms with Crippen LogP contribution in [0.2, 0.25) is 0 Å². The Balaban J connectivity index is 3.20. The van der Waals surface area contributed by atoms with E-state index in [1.165, 1.54) is 7.11 Å². The largest absolute Gasteiger partial charge is 0.394 e.